The molecule has 21 heavy (non-hydrogen) atoms. The molecule has 0 radical (unpaired) electrons. The number of nitrogens with zero attached hydrogens (tertiary/aromatic N) is 3. The van der Waals surface area contributed by atoms with Gasteiger partial charge in [-0.25, -0.2) is 4.68 Å². The molecule has 0 aliphatic carbocycles. The summed E-state index contributed by atoms with van der Waals surface area (Å²) in [6, 6.07) is 15.1. The second-order valence-corrected chi connectivity index (χ2v) is 5.63. The van der Waals surface area contributed by atoms with Crippen LogP contribution in [0.3, 0.4) is 0 Å². The maximum absolute atomic E-state index is 12.7. The number of hydrogen-bond donors (Lipinski definition) is 0. The maximum atomic E-state index is 12.7. The van der Waals surface area contributed by atoms with Crippen LogP contribution in [0.15, 0.2) is 59.2 Å². The Morgan fingerprint density at radius 3 is 2.62 bits per heavy atom. The van der Waals surface area contributed by atoms with Crippen molar-refractivity contribution in [2.75, 3.05) is 0 Å². The minimum atomic E-state index is -0.103. The van der Waals surface area contributed by atoms with Gasteiger partial charge in [-0.1, -0.05) is 39.3 Å². The fourth-order valence-corrected chi connectivity index (χ4v) is 2.77. The molecule has 0 saturated heterocycles. The molecule has 0 N–H and O–H groups in total. The summed E-state index contributed by atoms with van der Waals surface area (Å²) in [4.78, 5) is 12.7. The first-order chi connectivity index (χ1) is 10.1. The third-order valence-corrected chi connectivity index (χ3v) is 3.54. The lowest BCUT2D eigenvalue weighted by atomic mass is 10.1. The number of hydrogen-bond acceptors (Lipinski definition) is 3. The molecule has 0 aliphatic heterocycles. The summed E-state index contributed by atoms with van der Waals surface area (Å²) >= 11 is 3.42. The molecule has 0 unspecified atom stereocenters. The van der Waals surface area contributed by atoms with E-state index in [0.717, 1.165) is 15.7 Å². The summed E-state index contributed by atoms with van der Waals surface area (Å²) in [5.74, 6) is -0.103. The Hall–Kier alpha value is -2.27. The molecule has 0 aliphatic rings. The van der Waals surface area contributed by atoms with Crippen LogP contribution in [0, 0.1) is 6.92 Å². The van der Waals surface area contributed by atoms with Crippen LogP contribution < -0.4 is 0 Å². The van der Waals surface area contributed by atoms with Crippen molar-refractivity contribution in [3.8, 4) is 5.69 Å². The number of benzene rings is 2. The smallest absolute Gasteiger partial charge is 0.213 e. The quantitative estimate of drug-likeness (QED) is 0.684. The van der Waals surface area contributed by atoms with Gasteiger partial charge in [0, 0.05) is 10.0 Å². The van der Waals surface area contributed by atoms with Crippen LogP contribution in [-0.4, -0.2) is 20.8 Å². The van der Waals surface area contributed by atoms with Crippen LogP contribution >= 0.6 is 15.9 Å². The van der Waals surface area contributed by atoms with Gasteiger partial charge in [-0.2, -0.15) is 0 Å². The Bertz CT molecular complexity index is 776. The molecule has 0 spiro atoms. The van der Waals surface area contributed by atoms with Crippen molar-refractivity contribution in [1.29, 1.82) is 0 Å². The molecular formula is C16H12BrN3O. The number of aromatic nitrogens is 3. The summed E-state index contributed by atoms with van der Waals surface area (Å²) in [5.41, 5.74) is 2.89. The monoisotopic (exact) mass is 341 g/mol. The maximum Gasteiger partial charge on any atom is 0.213 e. The Morgan fingerprint density at radius 2 is 1.90 bits per heavy atom. The normalized spacial score (nSPS) is 10.6. The van der Waals surface area contributed by atoms with E-state index in [4.69, 9.17) is 0 Å². The van der Waals surface area contributed by atoms with Gasteiger partial charge in [0.2, 0.25) is 5.78 Å². The summed E-state index contributed by atoms with van der Waals surface area (Å²) in [7, 11) is 0. The van der Waals surface area contributed by atoms with Gasteiger partial charge in [-0.05, 0) is 42.8 Å². The summed E-state index contributed by atoms with van der Waals surface area (Å²) in [5, 5.41) is 7.88. The van der Waals surface area contributed by atoms with Crippen LogP contribution in [0.5, 0.6) is 0 Å². The van der Waals surface area contributed by atoms with Gasteiger partial charge in [0.25, 0.3) is 0 Å². The van der Waals surface area contributed by atoms with Crippen LogP contribution in [0.4, 0.5) is 0 Å². The van der Waals surface area contributed by atoms with E-state index in [-0.39, 0.29) is 5.78 Å². The Kier molecular flexibility index (Phi) is 3.66. The molecule has 0 amide bonds. The third-order valence-electron chi connectivity index (χ3n) is 3.09. The second-order valence-electron chi connectivity index (χ2n) is 4.71. The standard InChI is InChI=1S/C16H12BrN3O/c1-11-7-12(9-13(17)8-11)16(21)15-10-18-19-20(15)14-5-3-2-4-6-14/h2-10H,1H3. The van der Waals surface area contributed by atoms with Gasteiger partial charge in [-0.15, -0.1) is 5.10 Å². The van der Waals surface area contributed by atoms with E-state index in [1.54, 1.807) is 10.7 Å². The van der Waals surface area contributed by atoms with Gasteiger partial charge < -0.3 is 0 Å². The van der Waals surface area contributed by atoms with Crippen molar-refractivity contribution in [2.24, 2.45) is 0 Å². The third kappa shape index (κ3) is 2.78. The molecular weight excluding hydrogens is 330 g/mol. The van der Waals surface area contributed by atoms with Crippen molar-refractivity contribution in [1.82, 2.24) is 15.0 Å². The van der Waals surface area contributed by atoms with Crippen molar-refractivity contribution < 1.29 is 4.79 Å². The van der Waals surface area contributed by atoms with E-state index >= 15 is 0 Å². The molecule has 104 valence electrons. The number of rotatable bonds is 3. The number of halogens is 1. The Labute approximate surface area is 130 Å². The summed E-state index contributed by atoms with van der Waals surface area (Å²) < 4.78 is 2.43. The molecule has 0 bridgehead atoms. The Morgan fingerprint density at radius 1 is 1.14 bits per heavy atom. The first kappa shape index (κ1) is 13.7. The molecule has 0 saturated carbocycles. The van der Waals surface area contributed by atoms with Crippen LogP contribution in [0.2, 0.25) is 0 Å². The largest absolute Gasteiger partial charge is 0.287 e. The summed E-state index contributed by atoms with van der Waals surface area (Å²) in [6.45, 7) is 1.95. The lowest BCUT2D eigenvalue weighted by molar-refractivity contribution is 0.103. The average Bonchev–Trinajstić information content (AvgIpc) is 2.95. The highest BCUT2D eigenvalue weighted by atomic mass is 79.9. The molecule has 3 aromatic rings. The van der Waals surface area contributed by atoms with E-state index in [1.165, 1.54) is 6.20 Å². The number of para-hydroxylation sites is 1. The van der Waals surface area contributed by atoms with Gasteiger partial charge in [-0.3, -0.25) is 4.79 Å². The lowest BCUT2D eigenvalue weighted by Gasteiger charge is -2.06. The fourth-order valence-electron chi connectivity index (χ4n) is 2.17. The van der Waals surface area contributed by atoms with Crippen molar-refractivity contribution >= 4 is 21.7 Å². The molecule has 0 atom stereocenters. The van der Waals surface area contributed by atoms with Crippen molar-refractivity contribution in [3.05, 3.63) is 76.0 Å². The number of aryl methyl sites for hydroxylation is 1. The highest BCUT2D eigenvalue weighted by Crippen LogP contribution is 2.19. The minimum absolute atomic E-state index is 0.103. The number of carbonyl (C=O) groups is 1. The molecule has 3 rings (SSSR count). The SMILES string of the molecule is Cc1cc(Br)cc(C(=O)c2cnnn2-c2ccccc2)c1. The molecule has 4 nitrogen and oxygen atoms in total. The number of carbonyl (C=O) groups excluding carboxylic acids is 1. The highest BCUT2D eigenvalue weighted by molar-refractivity contribution is 9.10. The van der Waals surface area contributed by atoms with Crippen LogP contribution in [-0.2, 0) is 0 Å². The summed E-state index contributed by atoms with van der Waals surface area (Å²) in [6.07, 6.45) is 1.49. The van der Waals surface area contributed by atoms with Crippen LogP contribution in [0.1, 0.15) is 21.6 Å². The molecule has 1 aromatic heterocycles. The van der Waals surface area contributed by atoms with Crippen molar-refractivity contribution in [3.63, 3.8) is 0 Å². The average molecular weight is 342 g/mol. The number of ketones is 1. The Balaban J connectivity index is 2.06. The van der Waals surface area contributed by atoms with Crippen LogP contribution in [0.25, 0.3) is 5.69 Å². The second kappa shape index (κ2) is 5.61. The van der Waals surface area contributed by atoms with Gasteiger partial charge in [0.1, 0.15) is 5.69 Å². The van der Waals surface area contributed by atoms with Gasteiger partial charge in [0.15, 0.2) is 0 Å². The first-order valence-electron chi connectivity index (χ1n) is 6.43. The fraction of sp³-hybridized carbons (Fsp3) is 0.0625. The van der Waals surface area contributed by atoms with E-state index < -0.39 is 0 Å². The van der Waals surface area contributed by atoms with E-state index in [2.05, 4.69) is 26.2 Å². The predicted molar refractivity (Wildman–Crippen MR) is 83.7 cm³/mol. The van der Waals surface area contributed by atoms with E-state index in [0.29, 0.717) is 11.3 Å². The zero-order valence-corrected chi connectivity index (χ0v) is 12.9. The molecule has 2 aromatic carbocycles. The minimum Gasteiger partial charge on any atom is -0.287 e. The van der Waals surface area contributed by atoms with Gasteiger partial charge >= 0.3 is 0 Å². The molecule has 1 heterocycles. The first-order valence-corrected chi connectivity index (χ1v) is 7.22. The topological polar surface area (TPSA) is 47.8 Å². The van der Waals surface area contributed by atoms with Crippen molar-refractivity contribution in [2.45, 2.75) is 6.92 Å². The van der Waals surface area contributed by atoms with E-state index in [9.17, 15) is 4.79 Å². The zero-order chi connectivity index (χ0) is 14.8. The predicted octanol–water partition coefficient (Wildman–Crippen LogP) is 3.57. The zero-order valence-electron chi connectivity index (χ0n) is 11.3. The highest BCUT2D eigenvalue weighted by Gasteiger charge is 2.17. The van der Waals surface area contributed by atoms with E-state index in [1.807, 2.05) is 49.4 Å². The van der Waals surface area contributed by atoms with Gasteiger partial charge in [0.05, 0.1) is 11.9 Å². The lowest BCUT2D eigenvalue weighted by Crippen LogP contribution is -2.10. The molecule has 0 fully saturated rings. The molecule has 5 heteroatoms.